The summed E-state index contributed by atoms with van der Waals surface area (Å²) in [5.41, 5.74) is 1.31. The molecule has 9 heteroatoms. The maximum absolute atomic E-state index is 12.9. The second kappa shape index (κ2) is 8.85. The van der Waals surface area contributed by atoms with Crippen LogP contribution in [0.4, 0.5) is 13.2 Å². The molecule has 1 saturated carbocycles. The van der Waals surface area contributed by atoms with Crippen LogP contribution in [0.25, 0.3) is 11.4 Å². The first-order valence-electron chi connectivity index (χ1n) is 11.4. The van der Waals surface area contributed by atoms with Crippen molar-refractivity contribution < 1.29 is 13.2 Å². The number of hydrogen-bond acceptors (Lipinski definition) is 3. The molecule has 34 heavy (non-hydrogen) atoms. The minimum absolute atomic E-state index is 0.0421. The number of benzene rings is 2. The number of halogens is 5. The Morgan fingerprint density at radius 3 is 2.53 bits per heavy atom. The zero-order valence-corrected chi connectivity index (χ0v) is 20.3. The Balaban J connectivity index is 1.13. The Hall–Kier alpha value is -2.09. The van der Waals surface area contributed by atoms with Gasteiger partial charge in [0.2, 0.25) is 0 Å². The highest BCUT2D eigenvalue weighted by atomic mass is 35.5. The van der Waals surface area contributed by atoms with Gasteiger partial charge in [-0.1, -0.05) is 35.3 Å². The average molecular weight is 509 g/mol. The summed E-state index contributed by atoms with van der Waals surface area (Å²) < 4.78 is 40.6. The van der Waals surface area contributed by atoms with E-state index in [1.54, 1.807) is 24.3 Å². The van der Waals surface area contributed by atoms with Crippen LogP contribution in [0.1, 0.15) is 36.2 Å². The highest BCUT2D eigenvalue weighted by molar-refractivity contribution is 6.36. The van der Waals surface area contributed by atoms with Crippen molar-refractivity contribution in [1.29, 1.82) is 0 Å². The lowest BCUT2D eigenvalue weighted by Gasteiger charge is -2.21. The second-order valence-electron chi connectivity index (χ2n) is 9.45. The first-order chi connectivity index (χ1) is 16.2. The quantitative estimate of drug-likeness (QED) is 0.346. The van der Waals surface area contributed by atoms with Crippen LogP contribution in [0, 0.1) is 5.92 Å². The highest BCUT2D eigenvalue weighted by Gasteiger charge is 2.60. The largest absolute Gasteiger partial charge is 0.416 e. The van der Waals surface area contributed by atoms with Gasteiger partial charge in [-0.25, -0.2) is 0 Å². The summed E-state index contributed by atoms with van der Waals surface area (Å²) in [6.45, 7) is 2.92. The van der Waals surface area contributed by atoms with E-state index in [2.05, 4.69) is 15.1 Å². The van der Waals surface area contributed by atoms with Crippen molar-refractivity contribution in [2.24, 2.45) is 13.0 Å². The van der Waals surface area contributed by atoms with E-state index in [0.717, 1.165) is 68.1 Å². The van der Waals surface area contributed by atoms with Gasteiger partial charge in [0, 0.05) is 42.6 Å². The Bertz CT molecular complexity index is 1190. The Morgan fingerprint density at radius 2 is 1.82 bits per heavy atom. The Kier molecular flexibility index (Phi) is 6.15. The van der Waals surface area contributed by atoms with Crippen LogP contribution in [0.15, 0.2) is 42.5 Å². The van der Waals surface area contributed by atoms with E-state index in [4.69, 9.17) is 23.2 Å². The lowest BCUT2D eigenvalue weighted by atomic mass is 9.94. The fourth-order valence-corrected chi connectivity index (χ4v) is 5.79. The third-order valence-electron chi connectivity index (χ3n) is 7.27. The summed E-state index contributed by atoms with van der Waals surface area (Å²) >= 11 is 12.3. The molecule has 2 heterocycles. The molecule has 1 aliphatic carbocycles. The van der Waals surface area contributed by atoms with E-state index >= 15 is 0 Å². The topological polar surface area (TPSA) is 34.0 Å². The summed E-state index contributed by atoms with van der Waals surface area (Å²) in [6.07, 6.45) is -0.389. The molecular formula is C25H25Cl2F3N4. The third-order valence-corrected chi connectivity index (χ3v) is 7.81. The summed E-state index contributed by atoms with van der Waals surface area (Å²) in [7, 11) is 1.94. The van der Waals surface area contributed by atoms with Gasteiger partial charge in [0.15, 0.2) is 5.82 Å². The van der Waals surface area contributed by atoms with Crippen LogP contribution < -0.4 is 0 Å². The highest BCUT2D eigenvalue weighted by Crippen LogP contribution is 2.59. The van der Waals surface area contributed by atoms with Gasteiger partial charge in [-0.05, 0) is 67.6 Å². The number of aromatic nitrogens is 3. The molecular weight excluding hydrogens is 484 g/mol. The summed E-state index contributed by atoms with van der Waals surface area (Å²) in [6, 6.07) is 11.1. The van der Waals surface area contributed by atoms with E-state index in [9.17, 15) is 13.2 Å². The second-order valence-corrected chi connectivity index (χ2v) is 10.3. The summed E-state index contributed by atoms with van der Waals surface area (Å²) in [4.78, 5) is 2.45. The number of alkyl halides is 3. The van der Waals surface area contributed by atoms with Crippen molar-refractivity contribution >= 4 is 23.2 Å². The lowest BCUT2D eigenvalue weighted by Crippen LogP contribution is -2.27. The normalized spacial score (nSPS) is 22.2. The Morgan fingerprint density at radius 1 is 1.06 bits per heavy atom. The molecule has 0 radical (unpaired) electrons. The van der Waals surface area contributed by atoms with Gasteiger partial charge in [0.1, 0.15) is 5.82 Å². The van der Waals surface area contributed by atoms with Gasteiger partial charge in [-0.3, -0.25) is 0 Å². The van der Waals surface area contributed by atoms with Crippen molar-refractivity contribution in [2.75, 3.05) is 19.6 Å². The molecule has 2 aromatic carbocycles. The molecule has 0 unspecified atom stereocenters. The molecule has 2 fully saturated rings. The molecule has 0 bridgehead atoms. The van der Waals surface area contributed by atoms with Crippen LogP contribution >= 0.6 is 23.2 Å². The van der Waals surface area contributed by atoms with Crippen LogP contribution in [0.3, 0.4) is 0 Å². The molecule has 2 atom stereocenters. The Labute approximate surface area is 206 Å². The van der Waals surface area contributed by atoms with Crippen molar-refractivity contribution in [1.82, 2.24) is 19.7 Å². The molecule has 0 amide bonds. The van der Waals surface area contributed by atoms with Crippen LogP contribution in [0.2, 0.25) is 10.0 Å². The monoisotopic (exact) mass is 508 g/mol. The predicted molar refractivity (Wildman–Crippen MR) is 127 cm³/mol. The van der Waals surface area contributed by atoms with Crippen molar-refractivity contribution in [3.63, 3.8) is 0 Å². The van der Waals surface area contributed by atoms with Crippen LogP contribution in [-0.2, 0) is 25.1 Å². The van der Waals surface area contributed by atoms with Gasteiger partial charge < -0.3 is 9.47 Å². The number of piperidine rings is 1. The molecule has 4 nitrogen and oxygen atoms in total. The molecule has 0 spiro atoms. The minimum atomic E-state index is -4.29. The van der Waals surface area contributed by atoms with Crippen molar-refractivity contribution in [3.05, 3.63) is 69.5 Å². The SMILES string of the molecule is Cn1c(CCCCN2C[C@@H]3C[C@]3(c3ccc(C(F)(F)F)cc3)C2)nnc1-c1ccc(Cl)cc1Cl. The molecule has 5 rings (SSSR count). The number of unbranched alkanes of at least 4 members (excludes halogenated alkanes) is 1. The van der Waals surface area contributed by atoms with Crippen molar-refractivity contribution in [2.45, 2.75) is 37.3 Å². The van der Waals surface area contributed by atoms with E-state index < -0.39 is 11.7 Å². The van der Waals surface area contributed by atoms with E-state index in [0.29, 0.717) is 16.0 Å². The molecule has 1 aromatic heterocycles. The fourth-order valence-electron chi connectivity index (χ4n) is 5.30. The molecule has 2 aliphatic rings. The smallest absolute Gasteiger partial charge is 0.314 e. The van der Waals surface area contributed by atoms with Gasteiger partial charge >= 0.3 is 6.18 Å². The maximum atomic E-state index is 12.9. The summed E-state index contributed by atoms with van der Waals surface area (Å²) in [5, 5.41) is 9.79. The average Bonchev–Trinajstić information content (AvgIpc) is 3.17. The molecule has 0 N–H and O–H groups in total. The van der Waals surface area contributed by atoms with Crippen molar-refractivity contribution in [3.8, 4) is 11.4 Å². The molecule has 1 saturated heterocycles. The number of nitrogens with zero attached hydrogens (tertiary/aromatic N) is 4. The minimum Gasteiger partial charge on any atom is -0.314 e. The molecule has 3 aromatic rings. The maximum Gasteiger partial charge on any atom is 0.416 e. The fraction of sp³-hybridized carbons (Fsp3) is 0.440. The van der Waals surface area contributed by atoms with E-state index in [-0.39, 0.29) is 5.41 Å². The zero-order chi connectivity index (χ0) is 24.1. The van der Waals surface area contributed by atoms with E-state index in [1.807, 2.05) is 17.7 Å². The number of likely N-dealkylation sites (tertiary alicyclic amines) is 1. The molecule has 1 aliphatic heterocycles. The van der Waals surface area contributed by atoms with Gasteiger partial charge in [0.25, 0.3) is 0 Å². The first-order valence-corrected chi connectivity index (χ1v) is 12.2. The third kappa shape index (κ3) is 4.45. The van der Waals surface area contributed by atoms with Gasteiger partial charge in [0.05, 0.1) is 10.6 Å². The summed E-state index contributed by atoms with van der Waals surface area (Å²) in [5.74, 6) is 2.18. The van der Waals surface area contributed by atoms with Gasteiger partial charge in [-0.2, -0.15) is 13.2 Å². The number of rotatable bonds is 7. The number of hydrogen-bond donors (Lipinski definition) is 0. The lowest BCUT2D eigenvalue weighted by molar-refractivity contribution is -0.137. The molecule has 180 valence electrons. The van der Waals surface area contributed by atoms with Gasteiger partial charge in [-0.15, -0.1) is 10.2 Å². The predicted octanol–water partition coefficient (Wildman–Crippen LogP) is 6.40. The van der Waals surface area contributed by atoms with E-state index in [1.165, 1.54) is 12.1 Å². The number of fused-ring (bicyclic) bond motifs is 1. The van der Waals surface area contributed by atoms with Crippen LogP contribution in [-0.4, -0.2) is 39.3 Å². The standard InChI is InChI=1S/C25H25Cl2F3N4/c1-33-22(31-32-23(33)20-10-9-19(26)12-21(20)27)4-2-3-11-34-14-18-13-24(18,15-34)16-5-7-17(8-6-16)25(28,29)30/h5-10,12,18H,2-4,11,13-15H2,1H3/t18-,24+/m0/s1. The van der Waals surface area contributed by atoms with Crippen LogP contribution in [0.5, 0.6) is 0 Å². The zero-order valence-electron chi connectivity index (χ0n) is 18.7. The first kappa shape index (κ1) is 23.6. The number of aryl methyl sites for hydroxylation is 1.